The molecule has 0 saturated heterocycles. The molecule has 0 bridgehead atoms. The van der Waals surface area contributed by atoms with Gasteiger partial charge in [0.1, 0.15) is 5.82 Å². The first-order valence-corrected chi connectivity index (χ1v) is 9.06. The fraction of sp³-hybridized carbons (Fsp3) is 0.211. The average Bonchev–Trinajstić information content (AvgIpc) is 3.42. The number of nitrogens with zero attached hydrogens (tertiary/aromatic N) is 3. The standard InChI is InChI=1S/C19H18BrN5/c1-12-2-5-16(15(20)10-12)23-18-11-17(13-6-8-21-9-7-13)24-19(25-18)22-14-3-4-14/h2,5-11,14H,3-4H2,1H3,(H2,22,23,24,25). The van der Waals surface area contributed by atoms with E-state index in [2.05, 4.69) is 60.6 Å². The van der Waals surface area contributed by atoms with Crippen molar-refractivity contribution in [1.82, 2.24) is 15.0 Å². The van der Waals surface area contributed by atoms with Gasteiger partial charge >= 0.3 is 0 Å². The lowest BCUT2D eigenvalue weighted by Crippen LogP contribution is -2.08. The second-order valence-corrected chi connectivity index (χ2v) is 7.08. The van der Waals surface area contributed by atoms with Crippen LogP contribution in [0.4, 0.5) is 17.5 Å². The molecular weight excluding hydrogens is 378 g/mol. The summed E-state index contributed by atoms with van der Waals surface area (Å²) >= 11 is 3.61. The Kier molecular flexibility index (Phi) is 4.36. The highest BCUT2D eigenvalue weighted by Crippen LogP contribution is 2.30. The maximum absolute atomic E-state index is 4.66. The Bertz CT molecular complexity index is 894. The molecule has 2 aromatic heterocycles. The van der Waals surface area contributed by atoms with Gasteiger partial charge in [0, 0.05) is 34.5 Å². The molecule has 2 heterocycles. The third kappa shape index (κ3) is 3.96. The van der Waals surface area contributed by atoms with E-state index in [0.717, 1.165) is 27.2 Å². The average molecular weight is 396 g/mol. The Morgan fingerprint density at radius 1 is 1.04 bits per heavy atom. The molecule has 1 aliphatic carbocycles. The van der Waals surface area contributed by atoms with Gasteiger partial charge in [-0.05, 0) is 65.5 Å². The second-order valence-electron chi connectivity index (χ2n) is 6.22. The molecule has 1 fully saturated rings. The quantitative estimate of drug-likeness (QED) is 0.641. The van der Waals surface area contributed by atoms with E-state index in [9.17, 15) is 0 Å². The lowest BCUT2D eigenvalue weighted by atomic mass is 10.2. The van der Waals surface area contributed by atoms with E-state index in [-0.39, 0.29) is 0 Å². The fourth-order valence-corrected chi connectivity index (χ4v) is 3.11. The largest absolute Gasteiger partial charge is 0.351 e. The molecule has 0 radical (unpaired) electrons. The third-order valence-corrected chi connectivity index (χ3v) is 4.66. The second kappa shape index (κ2) is 6.80. The molecule has 1 aliphatic rings. The zero-order valence-corrected chi connectivity index (χ0v) is 15.4. The Labute approximate surface area is 155 Å². The Morgan fingerprint density at radius 3 is 2.56 bits per heavy atom. The fourth-order valence-electron chi connectivity index (χ4n) is 2.52. The minimum absolute atomic E-state index is 0.492. The van der Waals surface area contributed by atoms with Crippen molar-refractivity contribution in [3.05, 3.63) is 58.8 Å². The van der Waals surface area contributed by atoms with Crippen molar-refractivity contribution in [2.24, 2.45) is 0 Å². The summed E-state index contributed by atoms with van der Waals surface area (Å²) in [5.74, 6) is 1.41. The van der Waals surface area contributed by atoms with Gasteiger partial charge in [-0.15, -0.1) is 0 Å². The molecule has 3 aromatic rings. The number of hydrogen-bond acceptors (Lipinski definition) is 5. The first kappa shape index (κ1) is 16.0. The molecule has 0 unspecified atom stereocenters. The number of anilines is 3. The van der Waals surface area contributed by atoms with Gasteiger partial charge in [-0.2, -0.15) is 4.98 Å². The van der Waals surface area contributed by atoms with Gasteiger partial charge in [0.15, 0.2) is 0 Å². The molecule has 4 rings (SSSR count). The number of benzene rings is 1. The van der Waals surface area contributed by atoms with Crippen LogP contribution in [-0.4, -0.2) is 21.0 Å². The van der Waals surface area contributed by atoms with Gasteiger partial charge in [-0.25, -0.2) is 4.98 Å². The summed E-state index contributed by atoms with van der Waals surface area (Å²) in [4.78, 5) is 13.4. The van der Waals surface area contributed by atoms with E-state index in [4.69, 9.17) is 0 Å². The van der Waals surface area contributed by atoms with Crippen LogP contribution in [0.1, 0.15) is 18.4 Å². The molecule has 0 amide bonds. The lowest BCUT2D eigenvalue weighted by Gasteiger charge is -2.12. The summed E-state index contributed by atoms with van der Waals surface area (Å²) in [5, 5.41) is 6.78. The van der Waals surface area contributed by atoms with Crippen molar-refractivity contribution in [3.8, 4) is 11.3 Å². The highest BCUT2D eigenvalue weighted by molar-refractivity contribution is 9.10. The predicted octanol–water partition coefficient (Wildman–Crippen LogP) is 4.93. The minimum Gasteiger partial charge on any atom is -0.351 e. The van der Waals surface area contributed by atoms with Crippen LogP contribution >= 0.6 is 15.9 Å². The lowest BCUT2D eigenvalue weighted by molar-refractivity contribution is 1.06. The van der Waals surface area contributed by atoms with Crippen LogP contribution in [0.2, 0.25) is 0 Å². The van der Waals surface area contributed by atoms with Gasteiger partial charge < -0.3 is 10.6 Å². The van der Waals surface area contributed by atoms with Crippen LogP contribution in [-0.2, 0) is 0 Å². The Morgan fingerprint density at radius 2 is 1.84 bits per heavy atom. The van der Waals surface area contributed by atoms with Crippen LogP contribution in [0.25, 0.3) is 11.3 Å². The number of nitrogens with one attached hydrogen (secondary N) is 2. The summed E-state index contributed by atoms with van der Waals surface area (Å²) in [7, 11) is 0. The molecule has 2 N–H and O–H groups in total. The zero-order valence-electron chi connectivity index (χ0n) is 13.8. The van der Waals surface area contributed by atoms with E-state index in [1.54, 1.807) is 12.4 Å². The van der Waals surface area contributed by atoms with Gasteiger partial charge in [0.05, 0.1) is 11.4 Å². The van der Waals surface area contributed by atoms with Crippen LogP contribution in [0.15, 0.2) is 53.3 Å². The number of pyridine rings is 1. The van der Waals surface area contributed by atoms with Crippen molar-refractivity contribution in [1.29, 1.82) is 0 Å². The van der Waals surface area contributed by atoms with Crippen molar-refractivity contribution in [2.75, 3.05) is 10.6 Å². The summed E-state index contributed by atoms with van der Waals surface area (Å²) in [6.07, 6.45) is 5.90. The molecule has 25 heavy (non-hydrogen) atoms. The van der Waals surface area contributed by atoms with Gasteiger partial charge in [-0.1, -0.05) is 6.07 Å². The normalized spacial score (nSPS) is 13.5. The van der Waals surface area contributed by atoms with Crippen molar-refractivity contribution in [2.45, 2.75) is 25.8 Å². The number of aromatic nitrogens is 3. The van der Waals surface area contributed by atoms with Crippen molar-refractivity contribution >= 4 is 33.4 Å². The smallest absolute Gasteiger partial charge is 0.225 e. The zero-order chi connectivity index (χ0) is 17.2. The SMILES string of the molecule is Cc1ccc(Nc2cc(-c3ccncc3)nc(NC3CC3)n2)c(Br)c1. The van der Waals surface area contributed by atoms with E-state index in [1.165, 1.54) is 18.4 Å². The summed E-state index contributed by atoms with van der Waals surface area (Å²) in [6, 6.07) is 12.6. The van der Waals surface area contributed by atoms with Gasteiger partial charge in [-0.3, -0.25) is 4.98 Å². The van der Waals surface area contributed by atoms with Gasteiger partial charge in [0.25, 0.3) is 0 Å². The molecule has 6 heteroatoms. The van der Waals surface area contributed by atoms with Crippen LogP contribution in [0.3, 0.4) is 0 Å². The maximum Gasteiger partial charge on any atom is 0.225 e. The molecular formula is C19H18BrN5. The van der Waals surface area contributed by atoms with Crippen molar-refractivity contribution < 1.29 is 0 Å². The van der Waals surface area contributed by atoms with E-state index in [0.29, 0.717) is 12.0 Å². The maximum atomic E-state index is 4.66. The predicted molar refractivity (Wildman–Crippen MR) is 104 cm³/mol. The summed E-state index contributed by atoms with van der Waals surface area (Å²) in [6.45, 7) is 2.07. The Balaban J connectivity index is 1.70. The number of aryl methyl sites for hydroxylation is 1. The topological polar surface area (TPSA) is 62.7 Å². The van der Waals surface area contributed by atoms with E-state index >= 15 is 0 Å². The van der Waals surface area contributed by atoms with E-state index < -0.39 is 0 Å². The molecule has 5 nitrogen and oxygen atoms in total. The summed E-state index contributed by atoms with van der Waals surface area (Å²) < 4.78 is 1.01. The third-order valence-electron chi connectivity index (χ3n) is 4.00. The molecule has 126 valence electrons. The minimum atomic E-state index is 0.492. The molecule has 0 spiro atoms. The highest BCUT2D eigenvalue weighted by Gasteiger charge is 2.22. The van der Waals surface area contributed by atoms with Crippen LogP contribution in [0.5, 0.6) is 0 Å². The molecule has 1 aromatic carbocycles. The number of halogens is 1. The van der Waals surface area contributed by atoms with E-state index in [1.807, 2.05) is 24.3 Å². The van der Waals surface area contributed by atoms with Crippen LogP contribution < -0.4 is 10.6 Å². The Hall–Kier alpha value is -2.47. The molecule has 1 saturated carbocycles. The van der Waals surface area contributed by atoms with Crippen LogP contribution in [0, 0.1) is 6.92 Å². The molecule has 0 aliphatic heterocycles. The number of hydrogen-bond donors (Lipinski definition) is 2. The summed E-state index contributed by atoms with van der Waals surface area (Å²) in [5.41, 5.74) is 4.06. The first-order chi connectivity index (χ1) is 12.2. The van der Waals surface area contributed by atoms with Crippen molar-refractivity contribution in [3.63, 3.8) is 0 Å². The molecule has 0 atom stereocenters. The highest BCUT2D eigenvalue weighted by atomic mass is 79.9. The number of rotatable bonds is 5. The monoisotopic (exact) mass is 395 g/mol. The van der Waals surface area contributed by atoms with Gasteiger partial charge in [0.2, 0.25) is 5.95 Å². The first-order valence-electron chi connectivity index (χ1n) is 8.26.